The zero-order chi connectivity index (χ0) is 16.8. The van der Waals surface area contributed by atoms with Crippen molar-refractivity contribution in [3.8, 4) is 0 Å². The minimum Gasteiger partial charge on any atom is -0.444 e. The number of likely N-dealkylation sites (tertiary alicyclic amines) is 1. The third-order valence-electron chi connectivity index (χ3n) is 3.83. The predicted octanol–water partition coefficient (Wildman–Crippen LogP) is 1.70. The van der Waals surface area contributed by atoms with Crippen LogP contribution in [0.15, 0.2) is 0 Å². The van der Waals surface area contributed by atoms with E-state index in [1.165, 1.54) is 0 Å². The second-order valence-corrected chi connectivity index (χ2v) is 6.73. The smallest absolute Gasteiger partial charge is 0.410 e. The number of ether oxygens (including phenoxy) is 1. The Kier molecular flexibility index (Phi) is 7.13. The van der Waals surface area contributed by atoms with Gasteiger partial charge in [-0.2, -0.15) is 0 Å². The molecule has 0 aromatic heterocycles. The number of likely N-dealkylation sites (N-methyl/N-ethyl adjacent to an activating group) is 1. The van der Waals surface area contributed by atoms with Crippen LogP contribution in [0.1, 0.15) is 41.0 Å². The average molecular weight is 313 g/mol. The molecule has 0 aromatic carbocycles. The number of carbonyl (C=O) groups excluding carboxylic acids is 2. The number of hydrogen-bond acceptors (Lipinski definition) is 4. The molecular weight excluding hydrogens is 282 g/mol. The van der Waals surface area contributed by atoms with Crippen LogP contribution in [-0.4, -0.2) is 66.7 Å². The Hall–Kier alpha value is -1.30. The maximum atomic E-state index is 12.1. The van der Waals surface area contributed by atoms with E-state index in [-0.39, 0.29) is 17.9 Å². The molecule has 1 aliphatic heterocycles. The summed E-state index contributed by atoms with van der Waals surface area (Å²) in [5.41, 5.74) is -0.499. The lowest BCUT2D eigenvalue weighted by molar-refractivity contribution is -0.124. The molecule has 2 amide bonds. The Morgan fingerprint density at radius 2 is 1.91 bits per heavy atom. The molecule has 0 aliphatic carbocycles. The topological polar surface area (TPSA) is 61.9 Å². The van der Waals surface area contributed by atoms with Crippen molar-refractivity contribution in [1.82, 2.24) is 15.1 Å². The van der Waals surface area contributed by atoms with Crippen molar-refractivity contribution in [1.29, 1.82) is 0 Å². The normalized spacial score (nSPS) is 18.6. The van der Waals surface area contributed by atoms with Crippen molar-refractivity contribution in [2.45, 2.75) is 46.6 Å². The van der Waals surface area contributed by atoms with Gasteiger partial charge in [0.25, 0.3) is 0 Å². The lowest BCUT2D eigenvalue weighted by Crippen LogP contribution is -2.39. The molecule has 0 saturated carbocycles. The van der Waals surface area contributed by atoms with Gasteiger partial charge in [-0.3, -0.25) is 4.79 Å². The fourth-order valence-electron chi connectivity index (χ4n) is 2.49. The summed E-state index contributed by atoms with van der Waals surface area (Å²) >= 11 is 0. The number of carbonyl (C=O) groups is 2. The highest BCUT2D eigenvalue weighted by atomic mass is 16.6. The fraction of sp³-hybridized carbons (Fsp3) is 0.875. The third kappa shape index (κ3) is 6.22. The molecule has 128 valence electrons. The Balaban J connectivity index is 2.33. The lowest BCUT2D eigenvalue weighted by Gasteiger charge is -2.24. The van der Waals surface area contributed by atoms with Crippen molar-refractivity contribution in [3.63, 3.8) is 0 Å². The summed E-state index contributed by atoms with van der Waals surface area (Å²) < 4.78 is 5.34. The van der Waals surface area contributed by atoms with Gasteiger partial charge in [0.05, 0.1) is 5.92 Å². The first kappa shape index (κ1) is 18.7. The summed E-state index contributed by atoms with van der Waals surface area (Å²) in [6, 6.07) is 0. The molecule has 1 fully saturated rings. The molecule has 1 heterocycles. The molecule has 1 rings (SSSR count). The van der Waals surface area contributed by atoms with Crippen molar-refractivity contribution < 1.29 is 14.3 Å². The van der Waals surface area contributed by atoms with Gasteiger partial charge in [-0.25, -0.2) is 4.79 Å². The van der Waals surface area contributed by atoms with E-state index < -0.39 is 5.60 Å². The number of hydrogen-bond donors (Lipinski definition) is 1. The second-order valence-electron chi connectivity index (χ2n) is 6.73. The fourth-order valence-corrected chi connectivity index (χ4v) is 2.49. The number of nitrogens with zero attached hydrogens (tertiary/aromatic N) is 2. The number of nitrogens with one attached hydrogen (secondary N) is 1. The van der Waals surface area contributed by atoms with Crippen LogP contribution in [0.3, 0.4) is 0 Å². The predicted molar refractivity (Wildman–Crippen MR) is 86.7 cm³/mol. The Bertz CT molecular complexity index is 375. The Morgan fingerprint density at radius 1 is 1.27 bits per heavy atom. The van der Waals surface area contributed by atoms with Gasteiger partial charge >= 0.3 is 6.09 Å². The highest BCUT2D eigenvalue weighted by Crippen LogP contribution is 2.19. The maximum absolute atomic E-state index is 12.1. The van der Waals surface area contributed by atoms with Crippen LogP contribution in [-0.2, 0) is 9.53 Å². The molecular formula is C16H31N3O3. The zero-order valence-corrected chi connectivity index (χ0v) is 14.6. The van der Waals surface area contributed by atoms with E-state index in [2.05, 4.69) is 24.1 Å². The Morgan fingerprint density at radius 3 is 2.45 bits per heavy atom. The van der Waals surface area contributed by atoms with E-state index in [4.69, 9.17) is 4.74 Å². The van der Waals surface area contributed by atoms with Crippen molar-refractivity contribution in [2.24, 2.45) is 5.92 Å². The monoisotopic (exact) mass is 313 g/mol. The van der Waals surface area contributed by atoms with Gasteiger partial charge in [-0.05, 0) is 40.3 Å². The van der Waals surface area contributed by atoms with Gasteiger partial charge in [0.15, 0.2) is 0 Å². The number of amides is 2. The summed E-state index contributed by atoms with van der Waals surface area (Å²) in [6.07, 6.45) is 0.377. The Labute approximate surface area is 134 Å². The van der Waals surface area contributed by atoms with E-state index in [9.17, 15) is 9.59 Å². The molecule has 1 N–H and O–H groups in total. The standard InChI is InChI=1S/C16H31N3O3/c1-6-18(7-2)11-9-17-14(20)13-8-10-19(12-13)15(21)22-16(3,4)5/h13H,6-12H2,1-5H3,(H,17,20). The van der Waals surface area contributed by atoms with Gasteiger partial charge in [-0.1, -0.05) is 13.8 Å². The number of rotatable bonds is 6. The van der Waals surface area contributed by atoms with Crippen molar-refractivity contribution in [2.75, 3.05) is 39.3 Å². The van der Waals surface area contributed by atoms with Crippen molar-refractivity contribution in [3.05, 3.63) is 0 Å². The quantitative estimate of drug-likeness (QED) is 0.811. The highest BCUT2D eigenvalue weighted by molar-refractivity contribution is 5.80. The van der Waals surface area contributed by atoms with Crippen LogP contribution in [0.5, 0.6) is 0 Å². The summed E-state index contributed by atoms with van der Waals surface area (Å²) in [7, 11) is 0. The summed E-state index contributed by atoms with van der Waals surface area (Å²) in [5.74, 6) is -0.0811. The lowest BCUT2D eigenvalue weighted by atomic mass is 10.1. The van der Waals surface area contributed by atoms with E-state index in [1.54, 1.807) is 4.90 Å². The van der Waals surface area contributed by atoms with Gasteiger partial charge in [0, 0.05) is 26.2 Å². The molecule has 0 aromatic rings. The van der Waals surface area contributed by atoms with Crippen LogP contribution >= 0.6 is 0 Å². The van der Waals surface area contributed by atoms with Crippen LogP contribution in [0.25, 0.3) is 0 Å². The van der Waals surface area contributed by atoms with Crippen molar-refractivity contribution >= 4 is 12.0 Å². The first-order valence-electron chi connectivity index (χ1n) is 8.24. The molecule has 6 heteroatoms. The van der Waals surface area contributed by atoms with Crippen LogP contribution in [0, 0.1) is 5.92 Å². The first-order chi connectivity index (χ1) is 10.3. The van der Waals surface area contributed by atoms with Gasteiger partial charge in [-0.15, -0.1) is 0 Å². The summed E-state index contributed by atoms with van der Waals surface area (Å²) in [5, 5.41) is 2.97. The van der Waals surface area contributed by atoms with E-state index in [0.29, 0.717) is 26.1 Å². The van der Waals surface area contributed by atoms with E-state index in [0.717, 1.165) is 19.6 Å². The second kappa shape index (κ2) is 8.36. The van der Waals surface area contributed by atoms with Gasteiger partial charge in [0.1, 0.15) is 5.60 Å². The van der Waals surface area contributed by atoms with Gasteiger partial charge < -0.3 is 19.9 Å². The zero-order valence-electron chi connectivity index (χ0n) is 14.6. The molecule has 6 nitrogen and oxygen atoms in total. The van der Waals surface area contributed by atoms with Crippen LogP contribution < -0.4 is 5.32 Å². The van der Waals surface area contributed by atoms with Crippen LogP contribution in [0.2, 0.25) is 0 Å². The molecule has 1 aliphatic rings. The largest absolute Gasteiger partial charge is 0.444 e. The van der Waals surface area contributed by atoms with E-state index in [1.807, 2.05) is 20.8 Å². The first-order valence-corrected chi connectivity index (χ1v) is 8.24. The summed E-state index contributed by atoms with van der Waals surface area (Å²) in [6.45, 7) is 14.3. The molecule has 0 radical (unpaired) electrons. The highest BCUT2D eigenvalue weighted by Gasteiger charge is 2.33. The molecule has 1 atom stereocenters. The molecule has 22 heavy (non-hydrogen) atoms. The SMILES string of the molecule is CCN(CC)CCNC(=O)C1CCN(C(=O)OC(C)(C)C)C1. The average Bonchev–Trinajstić information content (AvgIpc) is 2.91. The molecule has 0 bridgehead atoms. The van der Waals surface area contributed by atoms with Gasteiger partial charge in [0.2, 0.25) is 5.91 Å². The van der Waals surface area contributed by atoms with Crippen LogP contribution in [0.4, 0.5) is 4.79 Å². The third-order valence-corrected chi connectivity index (χ3v) is 3.83. The molecule has 1 unspecified atom stereocenters. The summed E-state index contributed by atoms with van der Waals surface area (Å²) in [4.78, 5) is 28.0. The van der Waals surface area contributed by atoms with E-state index >= 15 is 0 Å². The molecule has 0 spiro atoms. The molecule has 1 saturated heterocycles. The minimum atomic E-state index is -0.499. The maximum Gasteiger partial charge on any atom is 0.410 e. The minimum absolute atomic E-state index is 0.0400.